The quantitative estimate of drug-likeness (QED) is 0.837. The molecule has 1 amide bonds. The first-order valence-corrected chi connectivity index (χ1v) is 7.92. The molecule has 0 aliphatic heterocycles. The van der Waals surface area contributed by atoms with Gasteiger partial charge in [0, 0.05) is 4.88 Å². The number of nitrogens with one attached hydrogen (secondary N) is 1. The van der Waals surface area contributed by atoms with Crippen LogP contribution in [0.4, 0.5) is 0 Å². The Bertz CT molecular complexity index is 495. The molecule has 1 heterocycles. The molecule has 1 aromatic rings. The number of thiophene rings is 1. The van der Waals surface area contributed by atoms with Gasteiger partial charge in [-0.15, -0.1) is 11.3 Å². The van der Waals surface area contributed by atoms with Gasteiger partial charge in [-0.3, -0.25) is 4.79 Å². The summed E-state index contributed by atoms with van der Waals surface area (Å²) in [5.74, 6) is -0.0467. The zero-order chi connectivity index (χ0) is 14.0. The predicted molar refractivity (Wildman–Crippen MR) is 83.6 cm³/mol. The van der Waals surface area contributed by atoms with Gasteiger partial charge >= 0.3 is 0 Å². The van der Waals surface area contributed by atoms with E-state index in [2.05, 4.69) is 5.32 Å². The van der Waals surface area contributed by atoms with Crippen molar-refractivity contribution < 1.29 is 4.79 Å². The summed E-state index contributed by atoms with van der Waals surface area (Å²) in [4.78, 5) is 13.8. The van der Waals surface area contributed by atoms with Crippen LogP contribution < -0.4 is 11.1 Å². The lowest BCUT2D eigenvalue weighted by molar-refractivity contribution is -0.127. The van der Waals surface area contributed by atoms with Gasteiger partial charge in [0.25, 0.3) is 0 Å². The van der Waals surface area contributed by atoms with Gasteiger partial charge in [-0.2, -0.15) is 0 Å². The number of hydrogen-bond donors (Lipinski definition) is 2. The maximum absolute atomic E-state index is 12.5. The van der Waals surface area contributed by atoms with Crippen LogP contribution in [0.15, 0.2) is 12.1 Å². The van der Waals surface area contributed by atoms with Crippen molar-refractivity contribution in [2.24, 2.45) is 11.1 Å². The first-order chi connectivity index (χ1) is 8.95. The largest absolute Gasteiger partial charge is 0.392 e. The molecule has 0 aromatic carbocycles. The molecule has 104 valence electrons. The number of nitrogens with two attached hydrogens (primary N) is 1. The summed E-state index contributed by atoms with van der Waals surface area (Å²) in [6, 6.07) is 3.69. The van der Waals surface area contributed by atoms with Crippen LogP contribution in [0.3, 0.4) is 0 Å². The average Bonchev–Trinajstić information content (AvgIpc) is 2.97. The third-order valence-corrected chi connectivity index (χ3v) is 5.54. The second kappa shape index (κ2) is 5.77. The van der Waals surface area contributed by atoms with Crippen molar-refractivity contribution in [3.63, 3.8) is 0 Å². The number of amides is 1. The zero-order valence-corrected chi connectivity index (χ0v) is 13.1. The molecule has 2 rings (SSSR count). The van der Waals surface area contributed by atoms with E-state index in [9.17, 15) is 4.79 Å². The van der Waals surface area contributed by atoms with Gasteiger partial charge in [0.15, 0.2) is 0 Å². The normalized spacial score (nSPS) is 19.1. The maximum Gasteiger partial charge on any atom is 0.233 e. The third kappa shape index (κ3) is 2.93. The number of rotatable bonds is 4. The molecule has 1 aliphatic carbocycles. The second-order valence-corrected chi connectivity index (χ2v) is 7.18. The van der Waals surface area contributed by atoms with Gasteiger partial charge in [0.2, 0.25) is 5.91 Å². The second-order valence-electron chi connectivity index (χ2n) is 4.99. The van der Waals surface area contributed by atoms with E-state index in [0.29, 0.717) is 4.99 Å². The van der Waals surface area contributed by atoms with E-state index in [-0.39, 0.29) is 11.9 Å². The summed E-state index contributed by atoms with van der Waals surface area (Å²) < 4.78 is 0.723. The molecule has 0 radical (unpaired) electrons. The lowest BCUT2D eigenvalue weighted by Crippen LogP contribution is -2.47. The Labute approximate surface area is 127 Å². The van der Waals surface area contributed by atoms with E-state index in [1.165, 1.54) is 11.3 Å². The van der Waals surface area contributed by atoms with Crippen LogP contribution in [-0.2, 0) is 4.79 Å². The molecule has 0 saturated heterocycles. The maximum atomic E-state index is 12.5. The molecule has 1 saturated carbocycles. The Morgan fingerprint density at radius 3 is 2.63 bits per heavy atom. The summed E-state index contributed by atoms with van der Waals surface area (Å²) in [6.45, 7) is 1.95. The minimum Gasteiger partial charge on any atom is -0.392 e. The van der Waals surface area contributed by atoms with Gasteiger partial charge in [-0.25, -0.2) is 0 Å². The Hall–Kier alpha value is -0.650. The lowest BCUT2D eigenvalue weighted by Gasteiger charge is -2.28. The van der Waals surface area contributed by atoms with Crippen molar-refractivity contribution in [2.75, 3.05) is 0 Å². The number of carbonyl (C=O) groups excluding carboxylic acids is 1. The summed E-state index contributed by atoms with van der Waals surface area (Å²) in [5.41, 5.74) is 5.16. The minimum atomic E-state index is -0.648. The minimum absolute atomic E-state index is 0.0467. The SMILES string of the molecule is CC(NC(=O)C1(C(N)=S)CCCC1)c1ccc(Cl)s1. The van der Waals surface area contributed by atoms with E-state index in [1.54, 1.807) is 0 Å². The highest BCUT2D eigenvalue weighted by Gasteiger charge is 2.44. The lowest BCUT2D eigenvalue weighted by atomic mass is 9.85. The molecule has 3 N–H and O–H groups in total. The van der Waals surface area contributed by atoms with Crippen LogP contribution in [0, 0.1) is 5.41 Å². The summed E-state index contributed by atoms with van der Waals surface area (Å²) in [7, 11) is 0. The molecule has 19 heavy (non-hydrogen) atoms. The van der Waals surface area contributed by atoms with Crippen molar-refractivity contribution in [3.05, 3.63) is 21.3 Å². The van der Waals surface area contributed by atoms with E-state index in [0.717, 1.165) is 34.9 Å². The highest BCUT2D eigenvalue weighted by atomic mass is 35.5. The van der Waals surface area contributed by atoms with E-state index in [1.807, 2.05) is 19.1 Å². The topological polar surface area (TPSA) is 55.1 Å². The summed E-state index contributed by atoms with van der Waals surface area (Å²) in [6.07, 6.45) is 3.52. The summed E-state index contributed by atoms with van der Waals surface area (Å²) in [5, 5.41) is 3.02. The van der Waals surface area contributed by atoms with Crippen molar-refractivity contribution >= 4 is 46.1 Å². The Kier molecular flexibility index (Phi) is 4.48. The Balaban J connectivity index is 2.09. The van der Waals surface area contributed by atoms with Gasteiger partial charge in [0.05, 0.1) is 20.8 Å². The smallest absolute Gasteiger partial charge is 0.233 e. The number of halogens is 1. The van der Waals surface area contributed by atoms with Gasteiger partial charge < -0.3 is 11.1 Å². The molecule has 0 spiro atoms. The summed E-state index contributed by atoms with van der Waals surface area (Å²) >= 11 is 12.5. The fraction of sp³-hybridized carbons (Fsp3) is 0.538. The first-order valence-electron chi connectivity index (χ1n) is 6.32. The molecule has 3 nitrogen and oxygen atoms in total. The van der Waals surface area contributed by atoms with Crippen LogP contribution in [0.1, 0.15) is 43.5 Å². The van der Waals surface area contributed by atoms with Crippen LogP contribution in [0.25, 0.3) is 0 Å². The Morgan fingerprint density at radius 1 is 1.53 bits per heavy atom. The van der Waals surface area contributed by atoms with E-state index >= 15 is 0 Å². The zero-order valence-electron chi connectivity index (χ0n) is 10.7. The van der Waals surface area contributed by atoms with E-state index < -0.39 is 5.41 Å². The number of hydrogen-bond acceptors (Lipinski definition) is 3. The molecule has 1 unspecified atom stereocenters. The first kappa shape index (κ1) is 14.8. The monoisotopic (exact) mass is 316 g/mol. The molecular formula is C13H17ClN2OS2. The molecule has 1 fully saturated rings. The number of carbonyl (C=O) groups is 1. The predicted octanol–water partition coefficient (Wildman–Crippen LogP) is 3.43. The third-order valence-electron chi connectivity index (χ3n) is 3.73. The number of thiocarbonyl (C=S) groups is 1. The van der Waals surface area contributed by atoms with Gasteiger partial charge in [0.1, 0.15) is 0 Å². The van der Waals surface area contributed by atoms with Crippen LogP contribution in [0.2, 0.25) is 4.34 Å². The van der Waals surface area contributed by atoms with Crippen LogP contribution in [-0.4, -0.2) is 10.9 Å². The molecule has 1 atom stereocenters. The highest BCUT2D eigenvalue weighted by Crippen LogP contribution is 2.39. The highest BCUT2D eigenvalue weighted by molar-refractivity contribution is 7.80. The van der Waals surface area contributed by atoms with E-state index in [4.69, 9.17) is 29.6 Å². The van der Waals surface area contributed by atoms with Crippen molar-refractivity contribution in [1.82, 2.24) is 5.32 Å². The molecule has 1 aliphatic rings. The molecular weight excluding hydrogens is 300 g/mol. The van der Waals surface area contributed by atoms with Crippen LogP contribution in [0.5, 0.6) is 0 Å². The average molecular weight is 317 g/mol. The molecule has 1 aromatic heterocycles. The standard InChI is InChI=1S/C13H17ClN2OS2/c1-8(9-4-5-10(14)19-9)16-12(17)13(11(15)18)6-2-3-7-13/h4-5,8H,2-3,6-7H2,1H3,(H2,15,18)(H,16,17). The van der Waals surface area contributed by atoms with Crippen molar-refractivity contribution in [2.45, 2.75) is 38.6 Å². The van der Waals surface area contributed by atoms with Crippen molar-refractivity contribution in [3.8, 4) is 0 Å². The molecule has 6 heteroatoms. The Morgan fingerprint density at radius 2 is 2.16 bits per heavy atom. The fourth-order valence-electron chi connectivity index (χ4n) is 2.53. The fourth-order valence-corrected chi connectivity index (χ4v) is 3.89. The molecule has 0 bridgehead atoms. The van der Waals surface area contributed by atoms with Crippen molar-refractivity contribution in [1.29, 1.82) is 0 Å². The van der Waals surface area contributed by atoms with Gasteiger partial charge in [-0.05, 0) is 31.9 Å². The van der Waals surface area contributed by atoms with Crippen LogP contribution >= 0.6 is 35.2 Å². The van der Waals surface area contributed by atoms with Gasteiger partial charge in [-0.1, -0.05) is 36.7 Å².